The molecule has 0 spiro atoms. The zero-order chi connectivity index (χ0) is 19.4. The monoisotopic (exact) mass is 369 g/mol. The molecule has 2 aromatic heterocycles. The van der Waals surface area contributed by atoms with Gasteiger partial charge < -0.3 is 14.7 Å². The van der Waals surface area contributed by atoms with Crippen LogP contribution in [0.2, 0.25) is 0 Å². The topological polar surface area (TPSA) is 102 Å². The Morgan fingerprint density at radius 2 is 2.11 bits per heavy atom. The Hall–Kier alpha value is -3.23. The van der Waals surface area contributed by atoms with Crippen molar-refractivity contribution in [3.05, 3.63) is 41.5 Å². The van der Waals surface area contributed by atoms with E-state index in [0.29, 0.717) is 36.1 Å². The third-order valence-electron chi connectivity index (χ3n) is 3.97. The fourth-order valence-corrected chi connectivity index (χ4v) is 2.61. The zero-order valence-electron chi connectivity index (χ0n) is 15.9. The summed E-state index contributed by atoms with van der Waals surface area (Å²) in [5.74, 6) is 2.34. The number of carbonyl (C=O) groups is 1. The minimum atomic E-state index is -0.171. The number of aryl methyl sites for hydroxylation is 2. The quantitative estimate of drug-likeness (QED) is 0.673. The van der Waals surface area contributed by atoms with Crippen LogP contribution in [0.4, 0.5) is 5.95 Å². The predicted molar refractivity (Wildman–Crippen MR) is 100 cm³/mol. The number of amides is 1. The average Bonchev–Trinajstić information content (AvgIpc) is 3.28. The molecule has 1 N–H and O–H groups in total. The molecular weight excluding hydrogens is 346 g/mol. The van der Waals surface area contributed by atoms with Crippen LogP contribution >= 0.6 is 0 Å². The molecule has 0 aliphatic carbocycles. The number of nitrogens with one attached hydrogen (secondary N) is 1. The molecule has 3 aromatic rings. The van der Waals surface area contributed by atoms with Gasteiger partial charge in [-0.3, -0.25) is 4.79 Å². The van der Waals surface area contributed by atoms with Gasteiger partial charge in [0.15, 0.2) is 11.6 Å². The normalized spacial score (nSPS) is 10.8. The number of carbonyl (C=O) groups excluding carboxylic acids is 1. The van der Waals surface area contributed by atoms with E-state index >= 15 is 0 Å². The van der Waals surface area contributed by atoms with E-state index in [1.807, 2.05) is 45.1 Å². The van der Waals surface area contributed by atoms with Gasteiger partial charge in [-0.1, -0.05) is 24.2 Å². The van der Waals surface area contributed by atoms with Gasteiger partial charge in [0.25, 0.3) is 5.91 Å². The Labute approximate surface area is 157 Å². The second-order valence-electron chi connectivity index (χ2n) is 6.30. The standard InChI is InChI=1S/C18H23N7O2/c1-5-14-20-15(27-23-14)9-10-19-17(26)13-8-6-7-12(11-13)16-21-18(24(2)3)25(4)22-16/h6-8,11H,5,9-10H2,1-4H3,(H,19,26). The number of hydrogen-bond donors (Lipinski definition) is 1. The molecule has 9 nitrogen and oxygen atoms in total. The lowest BCUT2D eigenvalue weighted by Gasteiger charge is -2.08. The largest absolute Gasteiger partial charge is 0.352 e. The lowest BCUT2D eigenvalue weighted by Crippen LogP contribution is -2.25. The Bertz CT molecular complexity index is 929. The highest BCUT2D eigenvalue weighted by Gasteiger charge is 2.13. The summed E-state index contributed by atoms with van der Waals surface area (Å²) in [6.07, 6.45) is 1.21. The summed E-state index contributed by atoms with van der Waals surface area (Å²) in [5.41, 5.74) is 1.34. The van der Waals surface area contributed by atoms with Gasteiger partial charge in [-0.05, 0) is 12.1 Å². The second-order valence-corrected chi connectivity index (χ2v) is 6.30. The third-order valence-corrected chi connectivity index (χ3v) is 3.97. The molecule has 0 saturated heterocycles. The Balaban J connectivity index is 1.65. The summed E-state index contributed by atoms with van der Waals surface area (Å²) >= 11 is 0. The van der Waals surface area contributed by atoms with Crippen molar-refractivity contribution >= 4 is 11.9 Å². The first-order chi connectivity index (χ1) is 13.0. The molecule has 0 saturated carbocycles. The van der Waals surface area contributed by atoms with Crippen LogP contribution in [0.5, 0.6) is 0 Å². The number of hydrogen-bond acceptors (Lipinski definition) is 7. The van der Waals surface area contributed by atoms with Gasteiger partial charge in [0.05, 0.1) is 0 Å². The molecule has 2 heterocycles. The molecule has 1 amide bonds. The highest BCUT2D eigenvalue weighted by molar-refractivity contribution is 5.95. The first-order valence-electron chi connectivity index (χ1n) is 8.76. The van der Waals surface area contributed by atoms with Gasteiger partial charge in [-0.25, -0.2) is 4.68 Å². The van der Waals surface area contributed by atoms with Crippen molar-refractivity contribution in [1.29, 1.82) is 0 Å². The minimum absolute atomic E-state index is 0.171. The maximum atomic E-state index is 12.4. The van der Waals surface area contributed by atoms with Crippen molar-refractivity contribution in [2.45, 2.75) is 19.8 Å². The molecule has 0 aliphatic rings. The van der Waals surface area contributed by atoms with Gasteiger partial charge in [0.2, 0.25) is 11.8 Å². The molecule has 27 heavy (non-hydrogen) atoms. The van der Waals surface area contributed by atoms with Crippen LogP contribution in [0.25, 0.3) is 11.4 Å². The first kappa shape index (κ1) is 18.6. The summed E-state index contributed by atoms with van der Waals surface area (Å²) in [4.78, 5) is 23.0. The molecule has 1 aromatic carbocycles. The minimum Gasteiger partial charge on any atom is -0.352 e. The molecule has 9 heteroatoms. The van der Waals surface area contributed by atoms with E-state index in [-0.39, 0.29) is 5.91 Å². The fourth-order valence-electron chi connectivity index (χ4n) is 2.61. The Morgan fingerprint density at radius 3 is 2.78 bits per heavy atom. The lowest BCUT2D eigenvalue weighted by molar-refractivity contribution is 0.0953. The van der Waals surface area contributed by atoms with Crippen molar-refractivity contribution in [2.24, 2.45) is 7.05 Å². The van der Waals surface area contributed by atoms with Crippen LogP contribution in [-0.2, 0) is 19.9 Å². The van der Waals surface area contributed by atoms with Gasteiger partial charge >= 0.3 is 0 Å². The van der Waals surface area contributed by atoms with E-state index in [9.17, 15) is 4.79 Å². The summed E-state index contributed by atoms with van der Waals surface area (Å²) in [7, 11) is 5.65. The zero-order valence-corrected chi connectivity index (χ0v) is 15.9. The fraction of sp³-hybridized carbons (Fsp3) is 0.389. The summed E-state index contributed by atoms with van der Waals surface area (Å²) < 4.78 is 6.82. The van der Waals surface area contributed by atoms with Gasteiger partial charge in [-0.15, -0.1) is 5.10 Å². The molecule has 142 valence electrons. The van der Waals surface area contributed by atoms with E-state index in [1.54, 1.807) is 16.8 Å². The Morgan fingerprint density at radius 1 is 1.30 bits per heavy atom. The third kappa shape index (κ3) is 4.30. The number of aromatic nitrogens is 5. The van der Waals surface area contributed by atoms with Crippen LogP contribution in [0.15, 0.2) is 28.8 Å². The predicted octanol–water partition coefficient (Wildman–Crippen LogP) is 1.47. The molecule has 0 radical (unpaired) electrons. The number of benzene rings is 1. The van der Waals surface area contributed by atoms with E-state index in [0.717, 1.165) is 17.9 Å². The summed E-state index contributed by atoms with van der Waals surface area (Å²) in [5, 5.41) is 11.1. The number of nitrogens with zero attached hydrogens (tertiary/aromatic N) is 6. The highest BCUT2D eigenvalue weighted by Crippen LogP contribution is 2.19. The maximum Gasteiger partial charge on any atom is 0.251 e. The van der Waals surface area contributed by atoms with Crippen molar-refractivity contribution in [2.75, 3.05) is 25.5 Å². The van der Waals surface area contributed by atoms with Crippen molar-refractivity contribution in [3.8, 4) is 11.4 Å². The van der Waals surface area contributed by atoms with E-state index in [4.69, 9.17) is 4.52 Å². The van der Waals surface area contributed by atoms with Crippen molar-refractivity contribution < 1.29 is 9.32 Å². The maximum absolute atomic E-state index is 12.4. The van der Waals surface area contributed by atoms with E-state index in [1.165, 1.54) is 0 Å². The van der Waals surface area contributed by atoms with E-state index < -0.39 is 0 Å². The highest BCUT2D eigenvalue weighted by atomic mass is 16.5. The summed E-state index contributed by atoms with van der Waals surface area (Å²) in [6, 6.07) is 7.25. The van der Waals surface area contributed by atoms with Crippen LogP contribution in [0.3, 0.4) is 0 Å². The Kier molecular flexibility index (Phi) is 5.49. The molecular formula is C18H23N7O2. The molecule has 0 atom stereocenters. The van der Waals surface area contributed by atoms with Gasteiger partial charge in [-0.2, -0.15) is 9.97 Å². The smallest absolute Gasteiger partial charge is 0.251 e. The average molecular weight is 369 g/mol. The number of anilines is 1. The molecule has 3 rings (SSSR count). The van der Waals surface area contributed by atoms with Gasteiger partial charge in [0, 0.05) is 51.7 Å². The molecule has 0 fully saturated rings. The van der Waals surface area contributed by atoms with Gasteiger partial charge in [0.1, 0.15) is 0 Å². The molecule has 0 unspecified atom stereocenters. The second kappa shape index (κ2) is 7.98. The first-order valence-corrected chi connectivity index (χ1v) is 8.76. The molecule has 0 aliphatic heterocycles. The summed E-state index contributed by atoms with van der Waals surface area (Å²) in [6.45, 7) is 2.38. The lowest BCUT2D eigenvalue weighted by atomic mass is 10.1. The van der Waals surface area contributed by atoms with Crippen molar-refractivity contribution in [3.63, 3.8) is 0 Å². The SMILES string of the molecule is CCc1noc(CCNC(=O)c2cccc(-c3nc(N(C)C)n(C)n3)c2)n1. The van der Waals surface area contributed by atoms with Crippen molar-refractivity contribution in [1.82, 2.24) is 30.2 Å². The van der Waals surface area contributed by atoms with Crippen LogP contribution in [-0.4, -0.2) is 51.5 Å². The van der Waals surface area contributed by atoms with Crippen LogP contribution in [0.1, 0.15) is 29.0 Å². The van der Waals surface area contributed by atoms with Crippen LogP contribution < -0.4 is 10.2 Å². The van der Waals surface area contributed by atoms with Crippen LogP contribution in [0, 0.1) is 0 Å². The number of rotatable bonds is 7. The van der Waals surface area contributed by atoms with E-state index in [2.05, 4.69) is 25.5 Å². The molecule has 0 bridgehead atoms.